The first-order valence-electron chi connectivity index (χ1n) is 32.4. The molecule has 13 amide bonds. The molecule has 0 bridgehead atoms. The lowest BCUT2D eigenvalue weighted by molar-refractivity contribution is -0.136. The van der Waals surface area contributed by atoms with E-state index in [1.165, 1.54) is 20.8 Å². The number of hydrogen-bond acceptors (Lipinski definition) is 20. The average Bonchev–Trinajstić information content (AvgIpc) is 0.848. The zero-order valence-corrected chi connectivity index (χ0v) is 56.4. The largest absolute Gasteiger partial charge is 0.394 e. The van der Waals surface area contributed by atoms with Gasteiger partial charge < -0.3 is 120 Å². The van der Waals surface area contributed by atoms with Crippen LogP contribution in [-0.4, -0.2) is 218 Å². The molecule has 0 spiro atoms. The quantitative estimate of drug-likeness (QED) is 0.0166. The summed E-state index contributed by atoms with van der Waals surface area (Å²) in [6, 6.07) is 3.44. The Morgan fingerprint density at radius 3 is 1.32 bits per heavy atom. The number of carbonyl (C=O) groups excluding carboxylic acids is 13. The van der Waals surface area contributed by atoms with Gasteiger partial charge in [0.2, 0.25) is 76.8 Å². The molecule has 30 N–H and O–H groups in total. The first kappa shape index (κ1) is 85.0. The van der Waals surface area contributed by atoms with E-state index in [1.807, 2.05) is 6.07 Å². The van der Waals surface area contributed by atoms with Crippen molar-refractivity contribution in [1.82, 2.24) is 63.8 Å². The molecule has 550 valence electrons. The zero-order valence-electron chi connectivity index (χ0n) is 56.4. The number of aliphatic imine (C=N–C) groups is 2. The SMILES string of the molecule is C[C@H](NC(=O)CNC(=O)[C@@H](NC(=O)[C@@H](NC(=O)CNC(=O)CNC(=O)[C@@H](N)Cc1ccccc1)[C@H](C)c1ccccc1)[C@@H](C)O)C(=O)N[C@@H](CCCN=C(N)N)C(=O)N[C@@H](CCCCN)C(=O)N[C@@H](CO)C(=O)N[C@@H](C)C(=O)N[C@@H](CCCN=C(N)N)C(=O)N[C@@H](CCCCN)C(N)=O. The molecule has 0 radical (unpaired) electrons. The normalized spacial score (nSPS) is 14.5. The van der Waals surface area contributed by atoms with Gasteiger partial charge in [-0.25, -0.2) is 0 Å². The Bertz CT molecular complexity index is 3030. The number of unbranched alkanes of at least 4 members (excludes halogenated alkanes) is 2. The van der Waals surface area contributed by atoms with Gasteiger partial charge >= 0.3 is 0 Å². The van der Waals surface area contributed by atoms with E-state index >= 15 is 0 Å². The number of benzene rings is 2. The summed E-state index contributed by atoms with van der Waals surface area (Å²) in [6.45, 7) is 2.81. The molecule has 0 fully saturated rings. The van der Waals surface area contributed by atoms with E-state index in [-0.39, 0.29) is 82.9 Å². The Balaban J connectivity index is 2.20. The van der Waals surface area contributed by atoms with Crippen molar-refractivity contribution in [3.05, 3.63) is 71.8 Å². The smallest absolute Gasteiger partial charge is 0.245 e. The fourth-order valence-corrected chi connectivity index (χ4v) is 9.44. The molecular weight excluding hydrogens is 1290 g/mol. The first-order chi connectivity index (χ1) is 46.9. The molecule has 0 aliphatic carbocycles. The molecule has 12 atom stereocenters. The molecule has 99 heavy (non-hydrogen) atoms. The monoisotopic (exact) mass is 1390 g/mol. The first-order valence-corrected chi connectivity index (χ1v) is 32.4. The molecule has 2 aromatic carbocycles. The molecule has 2 aromatic rings. The van der Waals surface area contributed by atoms with E-state index in [1.54, 1.807) is 61.5 Å². The van der Waals surface area contributed by atoms with Crippen LogP contribution in [0.15, 0.2) is 70.6 Å². The second-order valence-corrected chi connectivity index (χ2v) is 23.4. The van der Waals surface area contributed by atoms with Gasteiger partial charge in [0.05, 0.1) is 38.4 Å². The number of aliphatic hydroxyl groups excluding tert-OH is 2. The highest BCUT2D eigenvalue weighted by Gasteiger charge is 2.36. The molecule has 0 aliphatic heterocycles. The van der Waals surface area contributed by atoms with E-state index < -0.39 is 175 Å². The fourth-order valence-electron chi connectivity index (χ4n) is 9.44. The van der Waals surface area contributed by atoms with Crippen LogP contribution in [0.1, 0.15) is 109 Å². The van der Waals surface area contributed by atoms with Gasteiger partial charge in [0, 0.05) is 19.0 Å². The summed E-state index contributed by atoms with van der Waals surface area (Å²) in [6.07, 6.45) is 0.351. The number of carbonyl (C=O) groups is 13. The lowest BCUT2D eigenvalue weighted by Crippen LogP contribution is -2.60. The highest BCUT2D eigenvalue weighted by atomic mass is 16.3. The highest BCUT2D eigenvalue weighted by molar-refractivity contribution is 5.99. The van der Waals surface area contributed by atoms with Crippen LogP contribution in [0.25, 0.3) is 0 Å². The molecule has 0 saturated carbocycles. The lowest BCUT2D eigenvalue weighted by atomic mass is 9.92. The minimum atomic E-state index is -1.73. The van der Waals surface area contributed by atoms with Gasteiger partial charge in [-0.05, 0) is 116 Å². The van der Waals surface area contributed by atoms with E-state index in [4.69, 9.17) is 45.9 Å². The van der Waals surface area contributed by atoms with Gasteiger partial charge in [-0.3, -0.25) is 72.3 Å². The number of amides is 13. The van der Waals surface area contributed by atoms with E-state index in [0.717, 1.165) is 5.56 Å². The van der Waals surface area contributed by atoms with Gasteiger partial charge in [-0.1, -0.05) is 67.6 Å². The van der Waals surface area contributed by atoms with Gasteiger partial charge in [-0.2, -0.15) is 0 Å². The van der Waals surface area contributed by atoms with E-state index in [0.29, 0.717) is 31.4 Å². The summed E-state index contributed by atoms with van der Waals surface area (Å²) >= 11 is 0. The number of rotatable bonds is 47. The van der Waals surface area contributed by atoms with Gasteiger partial charge in [0.25, 0.3) is 0 Å². The number of primary amides is 1. The Labute approximate surface area is 574 Å². The Hall–Kier alpha value is -10.1. The molecule has 0 unspecified atom stereocenters. The Kier molecular flexibility index (Phi) is 39.6. The predicted octanol–water partition coefficient (Wildman–Crippen LogP) is -8.66. The van der Waals surface area contributed by atoms with Crippen LogP contribution in [0.5, 0.6) is 0 Å². The van der Waals surface area contributed by atoms with Crippen molar-refractivity contribution in [3.8, 4) is 0 Å². The maximum atomic E-state index is 14.1. The summed E-state index contributed by atoms with van der Waals surface area (Å²) in [5.41, 5.74) is 46.0. The van der Waals surface area contributed by atoms with Crippen molar-refractivity contribution in [1.29, 1.82) is 0 Å². The third-order valence-electron chi connectivity index (χ3n) is 15.1. The van der Waals surface area contributed by atoms with Crippen LogP contribution in [-0.2, 0) is 68.7 Å². The number of hydrogen-bond donors (Lipinski definition) is 22. The summed E-state index contributed by atoms with van der Waals surface area (Å²) < 4.78 is 0. The third-order valence-corrected chi connectivity index (χ3v) is 15.1. The van der Waals surface area contributed by atoms with Crippen molar-refractivity contribution >= 4 is 88.7 Å². The van der Waals surface area contributed by atoms with Crippen molar-refractivity contribution < 1.29 is 72.5 Å². The topological polar surface area (TPSA) is 640 Å². The molecular formula is C62H102N22O15. The lowest BCUT2D eigenvalue weighted by Gasteiger charge is -2.28. The summed E-state index contributed by atoms with van der Waals surface area (Å²) in [7, 11) is 0. The van der Waals surface area contributed by atoms with Crippen LogP contribution in [0.4, 0.5) is 0 Å². The molecule has 37 heteroatoms. The highest BCUT2D eigenvalue weighted by Crippen LogP contribution is 2.20. The summed E-state index contributed by atoms with van der Waals surface area (Å²) in [5, 5.41) is 50.3. The van der Waals surface area contributed by atoms with Crippen molar-refractivity contribution in [2.75, 3.05) is 52.4 Å². The maximum Gasteiger partial charge on any atom is 0.245 e. The van der Waals surface area contributed by atoms with Crippen molar-refractivity contribution in [2.24, 2.45) is 55.9 Å². The second kappa shape index (κ2) is 46.2. The minimum absolute atomic E-state index is 0.0259. The number of nitrogens with two attached hydrogens (primary N) is 8. The van der Waals surface area contributed by atoms with Gasteiger partial charge in [0.15, 0.2) is 11.9 Å². The number of guanidine groups is 2. The molecule has 37 nitrogen and oxygen atoms in total. The molecule has 0 saturated heterocycles. The average molecular weight is 1400 g/mol. The predicted molar refractivity (Wildman–Crippen MR) is 364 cm³/mol. The van der Waals surface area contributed by atoms with Crippen LogP contribution in [0.3, 0.4) is 0 Å². The minimum Gasteiger partial charge on any atom is -0.394 e. The second-order valence-electron chi connectivity index (χ2n) is 23.4. The van der Waals surface area contributed by atoms with Crippen LogP contribution >= 0.6 is 0 Å². The summed E-state index contributed by atoms with van der Waals surface area (Å²) in [5.74, 6) is -12.9. The fraction of sp³-hybridized carbons (Fsp3) is 0.565. The summed E-state index contributed by atoms with van der Waals surface area (Å²) in [4.78, 5) is 182. The molecule has 2 rings (SSSR count). The number of nitrogens with zero attached hydrogens (tertiary/aromatic N) is 2. The van der Waals surface area contributed by atoms with Crippen LogP contribution in [0, 0.1) is 0 Å². The molecule has 0 aliphatic rings. The van der Waals surface area contributed by atoms with E-state index in [9.17, 15) is 72.5 Å². The van der Waals surface area contributed by atoms with Gasteiger partial charge in [0.1, 0.15) is 54.4 Å². The van der Waals surface area contributed by atoms with Crippen LogP contribution in [0.2, 0.25) is 0 Å². The number of aliphatic hydroxyl groups is 2. The van der Waals surface area contributed by atoms with E-state index in [2.05, 4.69) is 73.8 Å². The van der Waals surface area contributed by atoms with Gasteiger partial charge in [-0.15, -0.1) is 0 Å². The molecule has 0 aromatic heterocycles. The number of nitrogens with one attached hydrogen (secondary N) is 12. The third kappa shape index (κ3) is 33.6. The van der Waals surface area contributed by atoms with Crippen LogP contribution < -0.4 is 110 Å². The zero-order chi connectivity index (χ0) is 74.1. The Morgan fingerprint density at radius 2 is 0.838 bits per heavy atom. The Morgan fingerprint density at radius 1 is 0.424 bits per heavy atom. The maximum absolute atomic E-state index is 14.1. The molecule has 0 heterocycles. The van der Waals surface area contributed by atoms with Crippen molar-refractivity contribution in [3.63, 3.8) is 0 Å². The van der Waals surface area contributed by atoms with Crippen molar-refractivity contribution in [2.45, 2.75) is 171 Å². The standard InChI is InChI=1S/C62H102N22O15/c1-34(39-19-9-6-10-20-39)49(83-48(89)31-73-46(87)30-74-54(93)40(65)29-38-17-7-5-8-18-38)60(99)84-50(37(4)86)59(98)75-32-47(88)76-35(2)52(91)79-44(24-16-28-72-62(69)70)56(95)81-42(22-12-14-26-64)57(96)82-45(33-85)58(97)77-36(3)53(92)80-43(23-15-27-71-61(67)68)55(94)78-41(51(66)90)21-11-13-25-63/h5-10,17-20,34-37,40-45,49-50,85-86H,11-16,21-33,63-65H2,1-4H3,(H2,66,90)(H,73,87)(H,74,93)(H,75,98)(H,76,88)(H,77,97)(H,78,94)(H,79,91)(H,80,92)(H,81,95)(H,82,96)(H,83,89)(H,84,99)(H4,67,68,71)(H4,69,70,72)/t34-,35+,36+,37-,40+,41+,42+,43+,44+,45+,49+,50+/m1/s1.